The Balaban J connectivity index is 1.63. The van der Waals surface area contributed by atoms with Gasteiger partial charge in [-0.3, -0.25) is 0 Å². The maximum absolute atomic E-state index is 4.26. The van der Waals surface area contributed by atoms with Gasteiger partial charge in [0.25, 0.3) is 0 Å². The van der Waals surface area contributed by atoms with Crippen molar-refractivity contribution < 1.29 is 0 Å². The van der Waals surface area contributed by atoms with Crippen LogP contribution in [0.5, 0.6) is 0 Å². The van der Waals surface area contributed by atoms with Gasteiger partial charge < -0.3 is 5.32 Å². The molecule has 0 bridgehead atoms. The van der Waals surface area contributed by atoms with Crippen LogP contribution in [0.15, 0.2) is 42.7 Å². The molecule has 3 heteroatoms. The number of aromatic nitrogens is 2. The van der Waals surface area contributed by atoms with E-state index in [0.717, 1.165) is 5.69 Å². The molecule has 1 atom stereocenters. The largest absolute Gasteiger partial charge is 0.382 e. The number of nitrogens with zero attached hydrogens (tertiary/aromatic N) is 2. The fourth-order valence-corrected chi connectivity index (χ4v) is 3.17. The Bertz CT molecular complexity index is 555. The Kier molecular flexibility index (Phi) is 4.00. The van der Waals surface area contributed by atoms with Crippen molar-refractivity contribution >= 4 is 5.69 Å². The Morgan fingerprint density at radius 3 is 2.67 bits per heavy atom. The molecule has 2 aromatic rings. The minimum absolute atomic E-state index is 0.514. The lowest BCUT2D eigenvalue weighted by Crippen LogP contribution is -2.19. The second-order valence-electron chi connectivity index (χ2n) is 6.93. The molecule has 1 saturated carbocycles. The van der Waals surface area contributed by atoms with E-state index in [1.54, 1.807) is 6.20 Å². The summed E-state index contributed by atoms with van der Waals surface area (Å²) < 4.78 is 1.89. The number of nitrogens with one attached hydrogen (secondary N) is 1. The number of hydrogen-bond acceptors (Lipinski definition) is 2. The van der Waals surface area contributed by atoms with Crippen LogP contribution in [0, 0.1) is 5.41 Å². The minimum Gasteiger partial charge on any atom is -0.382 e. The average Bonchev–Trinajstić information content (AvgIpc) is 2.94. The van der Waals surface area contributed by atoms with Crippen LogP contribution in [-0.2, 0) is 0 Å². The first kappa shape index (κ1) is 14.2. The van der Waals surface area contributed by atoms with E-state index in [1.807, 2.05) is 16.9 Å². The predicted molar refractivity (Wildman–Crippen MR) is 87.8 cm³/mol. The SMILES string of the molecule is CC1(C)CCCC(Nc2ccc(-n3cccn3)cc2)CC1. The smallest absolute Gasteiger partial charge is 0.0647 e. The van der Waals surface area contributed by atoms with Gasteiger partial charge in [0.2, 0.25) is 0 Å². The molecule has 1 aliphatic carbocycles. The van der Waals surface area contributed by atoms with E-state index in [9.17, 15) is 0 Å². The summed E-state index contributed by atoms with van der Waals surface area (Å²) in [5, 5.41) is 7.96. The van der Waals surface area contributed by atoms with Crippen molar-refractivity contribution in [3.8, 4) is 5.69 Å². The molecule has 1 fully saturated rings. The van der Waals surface area contributed by atoms with E-state index in [1.165, 1.54) is 37.8 Å². The molecule has 112 valence electrons. The van der Waals surface area contributed by atoms with Crippen LogP contribution in [0.1, 0.15) is 46.0 Å². The average molecular weight is 283 g/mol. The molecule has 1 unspecified atom stereocenters. The minimum atomic E-state index is 0.514. The van der Waals surface area contributed by atoms with E-state index in [2.05, 4.69) is 48.5 Å². The molecular weight excluding hydrogens is 258 g/mol. The second-order valence-corrected chi connectivity index (χ2v) is 6.93. The highest BCUT2D eigenvalue weighted by Gasteiger charge is 2.24. The lowest BCUT2D eigenvalue weighted by Gasteiger charge is -2.22. The summed E-state index contributed by atoms with van der Waals surface area (Å²) >= 11 is 0. The molecule has 1 heterocycles. The van der Waals surface area contributed by atoms with Crippen LogP contribution >= 0.6 is 0 Å². The Morgan fingerprint density at radius 2 is 1.95 bits per heavy atom. The quantitative estimate of drug-likeness (QED) is 0.831. The third-order valence-corrected chi connectivity index (χ3v) is 4.58. The third-order valence-electron chi connectivity index (χ3n) is 4.58. The standard InChI is InChI=1S/C18H25N3/c1-18(2)11-3-5-15(10-12-18)20-16-6-8-17(9-7-16)21-14-4-13-19-21/h4,6-9,13-15,20H,3,5,10-12H2,1-2H3. The zero-order valence-electron chi connectivity index (χ0n) is 13.0. The van der Waals surface area contributed by atoms with Gasteiger partial charge in [0.05, 0.1) is 5.69 Å². The maximum Gasteiger partial charge on any atom is 0.0647 e. The molecule has 1 aliphatic rings. The molecule has 21 heavy (non-hydrogen) atoms. The van der Waals surface area contributed by atoms with Gasteiger partial charge in [0.1, 0.15) is 0 Å². The molecule has 1 aromatic carbocycles. The zero-order valence-corrected chi connectivity index (χ0v) is 13.0. The summed E-state index contributed by atoms with van der Waals surface area (Å²) in [5.74, 6) is 0. The highest BCUT2D eigenvalue weighted by molar-refractivity contribution is 5.49. The summed E-state index contributed by atoms with van der Waals surface area (Å²) in [4.78, 5) is 0. The lowest BCUT2D eigenvalue weighted by molar-refractivity contribution is 0.313. The molecule has 3 nitrogen and oxygen atoms in total. The van der Waals surface area contributed by atoms with Crippen molar-refractivity contribution in [2.45, 2.75) is 52.0 Å². The van der Waals surface area contributed by atoms with Crippen molar-refractivity contribution in [1.29, 1.82) is 0 Å². The van der Waals surface area contributed by atoms with Gasteiger partial charge in [0.15, 0.2) is 0 Å². The molecule has 1 aromatic heterocycles. The number of benzene rings is 1. The molecule has 0 radical (unpaired) electrons. The van der Waals surface area contributed by atoms with Gasteiger partial charge in [0, 0.05) is 24.1 Å². The van der Waals surface area contributed by atoms with E-state index in [0.29, 0.717) is 11.5 Å². The molecule has 0 spiro atoms. The zero-order chi connectivity index (χ0) is 14.7. The van der Waals surface area contributed by atoms with Gasteiger partial charge in [-0.05, 0) is 61.4 Å². The molecular formula is C18H25N3. The van der Waals surface area contributed by atoms with Gasteiger partial charge in [-0.25, -0.2) is 4.68 Å². The van der Waals surface area contributed by atoms with Crippen molar-refractivity contribution in [2.24, 2.45) is 5.41 Å². The van der Waals surface area contributed by atoms with Gasteiger partial charge in [-0.15, -0.1) is 0 Å². The Hall–Kier alpha value is -1.77. The van der Waals surface area contributed by atoms with Gasteiger partial charge in [-0.1, -0.05) is 20.3 Å². The summed E-state index contributed by atoms with van der Waals surface area (Å²) in [6.45, 7) is 4.79. The molecule has 0 saturated heterocycles. The van der Waals surface area contributed by atoms with Gasteiger partial charge in [-0.2, -0.15) is 5.10 Å². The normalized spacial score (nSPS) is 21.7. The third kappa shape index (κ3) is 3.66. The lowest BCUT2D eigenvalue weighted by atomic mass is 9.85. The summed E-state index contributed by atoms with van der Waals surface area (Å²) in [6.07, 6.45) is 10.3. The maximum atomic E-state index is 4.26. The van der Waals surface area contributed by atoms with Gasteiger partial charge >= 0.3 is 0 Å². The monoisotopic (exact) mass is 283 g/mol. The van der Waals surface area contributed by atoms with E-state index in [4.69, 9.17) is 0 Å². The summed E-state index contributed by atoms with van der Waals surface area (Å²) in [7, 11) is 0. The molecule has 0 aliphatic heterocycles. The van der Waals surface area contributed by atoms with Crippen LogP contribution in [0.3, 0.4) is 0 Å². The number of anilines is 1. The van der Waals surface area contributed by atoms with E-state index < -0.39 is 0 Å². The molecule has 1 N–H and O–H groups in total. The first-order chi connectivity index (χ1) is 10.1. The fourth-order valence-electron chi connectivity index (χ4n) is 3.17. The van der Waals surface area contributed by atoms with Crippen molar-refractivity contribution in [1.82, 2.24) is 9.78 Å². The number of rotatable bonds is 3. The number of hydrogen-bond donors (Lipinski definition) is 1. The predicted octanol–water partition coefficient (Wildman–Crippen LogP) is 4.64. The second kappa shape index (κ2) is 5.92. The molecule has 3 rings (SSSR count). The van der Waals surface area contributed by atoms with Crippen LogP contribution in [0.2, 0.25) is 0 Å². The summed E-state index contributed by atoms with van der Waals surface area (Å²) in [5.41, 5.74) is 2.84. The van der Waals surface area contributed by atoms with Crippen molar-refractivity contribution in [3.63, 3.8) is 0 Å². The van der Waals surface area contributed by atoms with E-state index >= 15 is 0 Å². The van der Waals surface area contributed by atoms with Crippen molar-refractivity contribution in [3.05, 3.63) is 42.7 Å². The van der Waals surface area contributed by atoms with Crippen LogP contribution in [0.4, 0.5) is 5.69 Å². The Morgan fingerprint density at radius 1 is 1.14 bits per heavy atom. The van der Waals surface area contributed by atoms with E-state index in [-0.39, 0.29) is 0 Å². The topological polar surface area (TPSA) is 29.9 Å². The van der Waals surface area contributed by atoms with Crippen molar-refractivity contribution in [2.75, 3.05) is 5.32 Å². The highest BCUT2D eigenvalue weighted by Crippen LogP contribution is 2.34. The van der Waals surface area contributed by atoms with Crippen LogP contribution in [0.25, 0.3) is 5.69 Å². The summed E-state index contributed by atoms with van der Waals surface area (Å²) in [6, 6.07) is 11.1. The first-order valence-corrected chi connectivity index (χ1v) is 7.99. The Labute approximate surface area is 127 Å². The van der Waals surface area contributed by atoms with Crippen LogP contribution in [-0.4, -0.2) is 15.8 Å². The fraction of sp³-hybridized carbons (Fsp3) is 0.500. The first-order valence-electron chi connectivity index (χ1n) is 7.99. The highest BCUT2D eigenvalue weighted by atomic mass is 15.3. The molecule has 0 amide bonds. The van der Waals surface area contributed by atoms with Crippen LogP contribution < -0.4 is 5.32 Å².